The van der Waals surface area contributed by atoms with Crippen molar-refractivity contribution in [3.63, 3.8) is 0 Å². The molecule has 0 N–H and O–H groups in total. The van der Waals surface area contributed by atoms with Gasteiger partial charge in [0.1, 0.15) is 6.29 Å². The molecule has 16 heavy (non-hydrogen) atoms. The average Bonchev–Trinajstić information content (AvgIpc) is 2.32. The summed E-state index contributed by atoms with van der Waals surface area (Å²) in [6, 6.07) is 0. The molecule has 1 nitrogen and oxygen atoms in total. The predicted octanol–water partition coefficient (Wildman–Crippen LogP) is 4.91. The number of rotatable bonds is 10. The molecule has 0 aliphatic heterocycles. The molecule has 94 valence electrons. The summed E-state index contributed by atoms with van der Waals surface area (Å²) in [5.41, 5.74) is -0.234. The molecule has 0 saturated carbocycles. The Kier molecular flexibility index (Phi) is 9.27. The van der Waals surface area contributed by atoms with Crippen LogP contribution in [0.15, 0.2) is 12.2 Å². The van der Waals surface area contributed by atoms with E-state index in [9.17, 15) is 4.79 Å². The summed E-state index contributed by atoms with van der Waals surface area (Å²) in [5.74, 6) is 0. The Labute approximate surface area is 101 Å². The lowest BCUT2D eigenvalue weighted by molar-refractivity contribution is -0.113. The molecule has 1 atom stereocenters. The van der Waals surface area contributed by atoms with Crippen LogP contribution in [0.4, 0.5) is 0 Å². The van der Waals surface area contributed by atoms with Crippen LogP contribution in [0, 0.1) is 5.41 Å². The number of hydrogen-bond acceptors (Lipinski definition) is 1. The van der Waals surface area contributed by atoms with Gasteiger partial charge in [-0.2, -0.15) is 0 Å². The van der Waals surface area contributed by atoms with E-state index in [0.717, 1.165) is 19.1 Å². The van der Waals surface area contributed by atoms with Crippen molar-refractivity contribution in [1.82, 2.24) is 0 Å². The van der Waals surface area contributed by atoms with Crippen LogP contribution < -0.4 is 0 Å². The molecule has 0 saturated heterocycles. The Hall–Kier alpha value is -0.590. The fourth-order valence-electron chi connectivity index (χ4n) is 1.64. The maximum absolute atomic E-state index is 10.8. The molecule has 1 heteroatoms. The molecule has 0 aromatic heterocycles. The highest BCUT2D eigenvalue weighted by Gasteiger charge is 2.15. The summed E-state index contributed by atoms with van der Waals surface area (Å²) in [7, 11) is 0. The van der Waals surface area contributed by atoms with Crippen LogP contribution in [-0.4, -0.2) is 6.29 Å². The molecule has 0 radical (unpaired) electrons. The molecule has 0 spiro atoms. The van der Waals surface area contributed by atoms with Gasteiger partial charge in [0.2, 0.25) is 0 Å². The van der Waals surface area contributed by atoms with Crippen LogP contribution in [0.5, 0.6) is 0 Å². The molecule has 0 fully saturated rings. The van der Waals surface area contributed by atoms with Gasteiger partial charge in [-0.15, -0.1) is 0 Å². The van der Waals surface area contributed by atoms with E-state index in [2.05, 4.69) is 26.0 Å². The van der Waals surface area contributed by atoms with E-state index in [1.807, 2.05) is 6.92 Å². The van der Waals surface area contributed by atoms with Crippen LogP contribution in [0.2, 0.25) is 0 Å². The lowest BCUT2D eigenvalue weighted by atomic mass is 9.89. The molecule has 0 aliphatic carbocycles. The largest absolute Gasteiger partial charge is 0.302 e. The summed E-state index contributed by atoms with van der Waals surface area (Å²) < 4.78 is 0. The lowest BCUT2D eigenvalue weighted by Gasteiger charge is -2.14. The van der Waals surface area contributed by atoms with Gasteiger partial charge in [-0.3, -0.25) is 0 Å². The smallest absolute Gasteiger partial charge is 0.129 e. The highest BCUT2D eigenvalue weighted by molar-refractivity contribution is 5.61. The maximum Gasteiger partial charge on any atom is 0.129 e. The third-order valence-corrected chi connectivity index (χ3v) is 3.25. The predicted molar refractivity (Wildman–Crippen MR) is 71.6 cm³/mol. The van der Waals surface area contributed by atoms with E-state index in [-0.39, 0.29) is 5.41 Å². The van der Waals surface area contributed by atoms with Gasteiger partial charge < -0.3 is 4.79 Å². The summed E-state index contributed by atoms with van der Waals surface area (Å²) in [5, 5.41) is 0. The summed E-state index contributed by atoms with van der Waals surface area (Å²) in [6.07, 6.45) is 15.3. The van der Waals surface area contributed by atoms with Crippen molar-refractivity contribution in [3.05, 3.63) is 12.2 Å². The molecular weight excluding hydrogens is 196 g/mol. The van der Waals surface area contributed by atoms with Gasteiger partial charge in [-0.05, 0) is 26.2 Å². The SMILES string of the molecule is CCCCCCCC/C=C/C(C)(C=O)CC. The minimum Gasteiger partial charge on any atom is -0.302 e. The van der Waals surface area contributed by atoms with E-state index in [0.29, 0.717) is 0 Å². The van der Waals surface area contributed by atoms with Gasteiger partial charge in [0.15, 0.2) is 0 Å². The fourth-order valence-corrected chi connectivity index (χ4v) is 1.64. The third kappa shape index (κ3) is 7.67. The van der Waals surface area contributed by atoms with Crippen molar-refractivity contribution in [3.8, 4) is 0 Å². The first kappa shape index (κ1) is 15.4. The molecule has 0 amide bonds. The second-order valence-corrected chi connectivity index (χ2v) is 4.94. The van der Waals surface area contributed by atoms with E-state index >= 15 is 0 Å². The second-order valence-electron chi connectivity index (χ2n) is 4.94. The molecule has 1 unspecified atom stereocenters. The molecule has 0 bridgehead atoms. The highest BCUT2D eigenvalue weighted by atomic mass is 16.1. The summed E-state index contributed by atoms with van der Waals surface area (Å²) in [4.78, 5) is 10.8. The van der Waals surface area contributed by atoms with Crippen LogP contribution in [0.25, 0.3) is 0 Å². The number of allylic oxidation sites excluding steroid dienone is 2. The van der Waals surface area contributed by atoms with Crippen LogP contribution in [0.1, 0.15) is 72.1 Å². The Balaban J connectivity index is 3.50. The van der Waals surface area contributed by atoms with Crippen molar-refractivity contribution in [2.45, 2.75) is 72.1 Å². The maximum atomic E-state index is 10.8. The number of unbranched alkanes of at least 4 members (excludes halogenated alkanes) is 6. The first-order chi connectivity index (χ1) is 7.68. The van der Waals surface area contributed by atoms with Gasteiger partial charge in [0.25, 0.3) is 0 Å². The van der Waals surface area contributed by atoms with Gasteiger partial charge in [0, 0.05) is 5.41 Å². The minimum absolute atomic E-state index is 0.234. The first-order valence-electron chi connectivity index (χ1n) is 6.82. The van der Waals surface area contributed by atoms with Gasteiger partial charge in [-0.1, -0.05) is 58.1 Å². The van der Waals surface area contributed by atoms with E-state index in [1.54, 1.807) is 0 Å². The monoisotopic (exact) mass is 224 g/mol. The van der Waals surface area contributed by atoms with Crippen LogP contribution in [0.3, 0.4) is 0 Å². The van der Waals surface area contributed by atoms with E-state index in [4.69, 9.17) is 0 Å². The van der Waals surface area contributed by atoms with Crippen molar-refractivity contribution >= 4 is 6.29 Å². The summed E-state index contributed by atoms with van der Waals surface area (Å²) >= 11 is 0. The Morgan fingerprint density at radius 3 is 2.19 bits per heavy atom. The molecule has 0 aromatic rings. The minimum atomic E-state index is -0.234. The van der Waals surface area contributed by atoms with E-state index in [1.165, 1.54) is 38.5 Å². The number of carbonyl (C=O) groups excluding carboxylic acids is 1. The average molecular weight is 224 g/mol. The van der Waals surface area contributed by atoms with Crippen molar-refractivity contribution in [1.29, 1.82) is 0 Å². The number of carbonyl (C=O) groups is 1. The number of hydrogen-bond donors (Lipinski definition) is 0. The quantitative estimate of drug-likeness (QED) is 0.293. The van der Waals surface area contributed by atoms with Gasteiger partial charge >= 0.3 is 0 Å². The normalized spacial score (nSPS) is 15.2. The lowest BCUT2D eigenvalue weighted by Crippen LogP contribution is -2.12. The highest BCUT2D eigenvalue weighted by Crippen LogP contribution is 2.20. The first-order valence-corrected chi connectivity index (χ1v) is 6.82. The van der Waals surface area contributed by atoms with E-state index < -0.39 is 0 Å². The summed E-state index contributed by atoms with van der Waals surface area (Å²) in [6.45, 7) is 6.30. The van der Waals surface area contributed by atoms with Crippen molar-refractivity contribution in [2.24, 2.45) is 5.41 Å². The zero-order valence-electron chi connectivity index (χ0n) is 11.3. The Bertz CT molecular complexity index is 196. The molecule has 0 aliphatic rings. The zero-order chi connectivity index (χ0) is 12.3. The standard InChI is InChI=1S/C15H28O/c1-4-6-7-8-9-10-11-12-13-15(3,5-2)14-16/h12-14H,4-11H2,1-3H3/b13-12+. The molecular formula is C15H28O. The topological polar surface area (TPSA) is 17.1 Å². The van der Waals surface area contributed by atoms with Crippen LogP contribution >= 0.6 is 0 Å². The third-order valence-electron chi connectivity index (χ3n) is 3.25. The Morgan fingerprint density at radius 1 is 1.00 bits per heavy atom. The second kappa shape index (κ2) is 9.62. The van der Waals surface area contributed by atoms with Gasteiger partial charge in [-0.25, -0.2) is 0 Å². The van der Waals surface area contributed by atoms with Crippen molar-refractivity contribution < 1.29 is 4.79 Å². The van der Waals surface area contributed by atoms with Gasteiger partial charge in [0.05, 0.1) is 0 Å². The van der Waals surface area contributed by atoms with Crippen LogP contribution in [-0.2, 0) is 4.79 Å². The zero-order valence-corrected chi connectivity index (χ0v) is 11.3. The molecule has 0 rings (SSSR count). The molecule has 0 heterocycles. The number of aldehydes is 1. The fraction of sp³-hybridized carbons (Fsp3) is 0.800. The molecule has 0 aromatic carbocycles. The Morgan fingerprint density at radius 2 is 1.62 bits per heavy atom. The van der Waals surface area contributed by atoms with Crippen molar-refractivity contribution in [2.75, 3.05) is 0 Å².